The van der Waals surface area contributed by atoms with Crippen molar-refractivity contribution in [3.8, 4) is 11.1 Å². The lowest BCUT2D eigenvalue weighted by Crippen LogP contribution is -2.36. The molecule has 4 aromatic rings. The average Bonchev–Trinajstić information content (AvgIpc) is 3.44. The Morgan fingerprint density at radius 2 is 1.80 bits per heavy atom. The molecular weight excluding hydrogens is 527 g/mol. The molecular formula is C24H18B3F4N7O2. The Morgan fingerprint density at radius 3 is 2.38 bits per heavy atom. The van der Waals surface area contributed by atoms with Gasteiger partial charge in [0, 0.05) is 24.0 Å². The van der Waals surface area contributed by atoms with Crippen LogP contribution >= 0.6 is 0 Å². The number of halogens is 4. The summed E-state index contributed by atoms with van der Waals surface area (Å²) in [5.74, 6) is -1.63. The van der Waals surface area contributed by atoms with E-state index in [4.69, 9.17) is 28.1 Å². The quantitative estimate of drug-likeness (QED) is 0.258. The number of rotatable bonds is 8. The topological polar surface area (TPSA) is 111 Å². The van der Waals surface area contributed by atoms with Crippen LogP contribution in [0.25, 0.3) is 11.1 Å². The molecule has 2 N–H and O–H groups in total. The van der Waals surface area contributed by atoms with Crippen LogP contribution in [0.15, 0.2) is 47.4 Å². The second kappa shape index (κ2) is 9.83. The van der Waals surface area contributed by atoms with Gasteiger partial charge in [0.15, 0.2) is 11.6 Å². The molecule has 0 saturated heterocycles. The number of aromatic nitrogens is 5. The Morgan fingerprint density at radius 1 is 1.10 bits per heavy atom. The molecule has 1 amide bonds. The van der Waals surface area contributed by atoms with Crippen LogP contribution in [0.5, 0.6) is 0 Å². The molecule has 1 aliphatic rings. The summed E-state index contributed by atoms with van der Waals surface area (Å²) in [6, 6.07) is 5.28. The number of hydrogen-bond acceptors (Lipinski definition) is 7. The predicted molar refractivity (Wildman–Crippen MR) is 139 cm³/mol. The van der Waals surface area contributed by atoms with E-state index in [0.717, 1.165) is 6.07 Å². The number of anilines is 3. The Hall–Kier alpha value is -4.10. The highest BCUT2D eigenvalue weighted by Gasteiger charge is 2.66. The summed E-state index contributed by atoms with van der Waals surface area (Å²) in [6.45, 7) is 1.70. The second-order valence-corrected chi connectivity index (χ2v) is 9.55. The summed E-state index contributed by atoms with van der Waals surface area (Å²) in [5.41, 5.74) is 0.0604. The van der Waals surface area contributed by atoms with Crippen LogP contribution in [0.4, 0.5) is 35.0 Å². The third-order valence-corrected chi connectivity index (χ3v) is 6.55. The van der Waals surface area contributed by atoms with Crippen molar-refractivity contribution in [3.63, 3.8) is 0 Å². The molecule has 0 aliphatic heterocycles. The van der Waals surface area contributed by atoms with Crippen molar-refractivity contribution in [3.05, 3.63) is 65.7 Å². The molecule has 198 valence electrons. The highest BCUT2D eigenvalue weighted by atomic mass is 19.4. The summed E-state index contributed by atoms with van der Waals surface area (Å²) >= 11 is 0. The zero-order valence-electron chi connectivity index (χ0n) is 21.0. The second-order valence-electron chi connectivity index (χ2n) is 9.55. The molecule has 16 heteroatoms. The van der Waals surface area contributed by atoms with Crippen LogP contribution in [-0.2, 0) is 21.9 Å². The number of nitrogens with one attached hydrogen (secondary N) is 2. The van der Waals surface area contributed by atoms with Gasteiger partial charge in [0.2, 0.25) is 11.9 Å². The highest BCUT2D eigenvalue weighted by Crippen LogP contribution is 2.59. The van der Waals surface area contributed by atoms with E-state index in [-0.39, 0.29) is 42.4 Å². The van der Waals surface area contributed by atoms with Crippen LogP contribution < -0.4 is 10.6 Å². The number of carbonyl (C=O) groups excluding carboxylic acids is 1. The van der Waals surface area contributed by atoms with Crippen LogP contribution in [0, 0.1) is 12.7 Å². The minimum atomic E-state index is -4.47. The number of carbonyl (C=O) groups is 1. The number of hydrogen-bond donors (Lipinski definition) is 2. The van der Waals surface area contributed by atoms with Crippen molar-refractivity contribution in [2.75, 3.05) is 10.6 Å². The molecule has 1 aromatic carbocycles. The fraction of sp³-hybridized carbons (Fsp3) is 0.292. The van der Waals surface area contributed by atoms with Gasteiger partial charge in [0.05, 0.1) is 47.5 Å². The maximum absolute atomic E-state index is 14.8. The van der Waals surface area contributed by atoms with Crippen LogP contribution in [-0.4, -0.2) is 60.5 Å². The van der Waals surface area contributed by atoms with Gasteiger partial charge in [-0.3, -0.25) is 9.48 Å². The van der Waals surface area contributed by atoms with Gasteiger partial charge >= 0.3 is 6.18 Å². The monoisotopic (exact) mass is 545 g/mol. The smallest absolute Gasteiger partial charge is 0.358 e. The van der Waals surface area contributed by atoms with Gasteiger partial charge in [-0.2, -0.15) is 18.3 Å². The molecule has 40 heavy (non-hydrogen) atoms. The Labute approximate surface area is 229 Å². The Bertz CT molecular complexity index is 1560. The maximum atomic E-state index is 14.8. The van der Waals surface area contributed by atoms with E-state index in [1.807, 2.05) is 0 Å². The summed E-state index contributed by atoms with van der Waals surface area (Å²) < 4.78 is 60.6. The number of nitrogens with zero attached hydrogens (tertiary/aromatic N) is 5. The fourth-order valence-corrected chi connectivity index (χ4v) is 4.17. The minimum Gasteiger partial charge on any atom is -0.358 e. The molecule has 1 saturated carbocycles. The molecule has 5 rings (SSSR count). The maximum Gasteiger partial charge on any atom is 0.401 e. The van der Waals surface area contributed by atoms with E-state index in [1.54, 1.807) is 13.0 Å². The van der Waals surface area contributed by atoms with Crippen molar-refractivity contribution in [1.29, 1.82) is 0 Å². The molecule has 6 radical (unpaired) electrons. The Kier molecular flexibility index (Phi) is 6.75. The number of amides is 1. The SMILES string of the molecule is [B]C([B])([B])n1ncc(Nc2ncc(-c3ccc(CC(=O)Nc4cc(C5(C(F)(F)F)CC5)on4)c(F)c3)cn2)c1C. The van der Waals surface area contributed by atoms with Gasteiger partial charge in [-0.1, -0.05) is 17.3 Å². The standard InChI is InChI=1S/C24H18B3F4N7O2/c1-12-17(11-34-38(12)24(25,26)27)35-21-32-9-15(10-33-21)13-2-3-14(16(28)6-13)7-20(39)36-19-8-18(40-37-19)22(4-5-22)23(29,30)31/h2-3,6,8-11H,4-5,7H2,1H3,(H,32,33,35)(H,36,37,39). The lowest BCUT2D eigenvalue weighted by Gasteiger charge is -2.23. The first-order chi connectivity index (χ1) is 18.8. The molecule has 1 aliphatic carbocycles. The minimum absolute atomic E-state index is 0.0707. The van der Waals surface area contributed by atoms with E-state index in [0.29, 0.717) is 22.5 Å². The van der Waals surface area contributed by atoms with Crippen LogP contribution in [0.3, 0.4) is 0 Å². The third kappa shape index (κ3) is 5.34. The van der Waals surface area contributed by atoms with Gasteiger partial charge in [-0.05, 0) is 42.2 Å². The summed E-state index contributed by atoms with van der Waals surface area (Å²) in [7, 11) is 17.0. The first kappa shape index (κ1) is 27.5. The fourth-order valence-electron chi connectivity index (χ4n) is 4.17. The average molecular weight is 545 g/mol. The van der Waals surface area contributed by atoms with Gasteiger partial charge < -0.3 is 15.2 Å². The van der Waals surface area contributed by atoms with Gasteiger partial charge in [0.25, 0.3) is 0 Å². The van der Waals surface area contributed by atoms with Gasteiger partial charge in [-0.15, -0.1) is 0 Å². The van der Waals surface area contributed by atoms with Crippen LogP contribution in [0.2, 0.25) is 0 Å². The zero-order valence-corrected chi connectivity index (χ0v) is 21.0. The third-order valence-electron chi connectivity index (χ3n) is 6.55. The lowest BCUT2D eigenvalue weighted by atomic mass is 9.49. The first-order valence-corrected chi connectivity index (χ1v) is 11.9. The summed E-state index contributed by atoms with van der Waals surface area (Å²) in [6.07, 6.45) is -0.642. The van der Waals surface area contributed by atoms with Gasteiger partial charge in [0.1, 0.15) is 11.2 Å². The van der Waals surface area contributed by atoms with Crippen molar-refractivity contribution in [2.24, 2.45) is 0 Å². The van der Waals surface area contributed by atoms with Crippen molar-refractivity contribution in [2.45, 2.75) is 43.0 Å². The zero-order chi connectivity index (χ0) is 28.9. The van der Waals surface area contributed by atoms with Crippen molar-refractivity contribution in [1.82, 2.24) is 24.9 Å². The van der Waals surface area contributed by atoms with Crippen molar-refractivity contribution >= 4 is 46.9 Å². The molecule has 0 atom stereocenters. The van der Waals surface area contributed by atoms with E-state index in [9.17, 15) is 22.4 Å². The van der Waals surface area contributed by atoms with Gasteiger partial charge in [-0.25, -0.2) is 14.4 Å². The molecule has 0 unspecified atom stereocenters. The van der Waals surface area contributed by atoms with E-state index >= 15 is 0 Å². The molecule has 0 bridgehead atoms. The number of benzene rings is 1. The molecule has 3 heterocycles. The van der Waals surface area contributed by atoms with E-state index in [2.05, 4.69) is 30.9 Å². The highest BCUT2D eigenvalue weighted by molar-refractivity contribution is 6.56. The predicted octanol–water partition coefficient (Wildman–Crippen LogP) is 3.37. The van der Waals surface area contributed by atoms with Crippen LogP contribution in [0.1, 0.15) is 29.9 Å². The largest absolute Gasteiger partial charge is 0.401 e. The molecule has 0 spiro atoms. The molecule has 9 nitrogen and oxygen atoms in total. The molecule has 1 fully saturated rings. The summed E-state index contributed by atoms with van der Waals surface area (Å²) in [4.78, 5) is 20.8. The number of alkyl halides is 3. The molecule has 3 aromatic heterocycles. The van der Waals surface area contributed by atoms with E-state index < -0.39 is 28.6 Å². The Balaban J connectivity index is 1.22. The van der Waals surface area contributed by atoms with Crippen molar-refractivity contribution < 1.29 is 26.9 Å². The summed E-state index contributed by atoms with van der Waals surface area (Å²) in [5, 5.41) is 11.2. The first-order valence-electron chi connectivity index (χ1n) is 11.9. The normalized spacial score (nSPS) is 14.6. The lowest BCUT2D eigenvalue weighted by molar-refractivity contribution is -0.165. The van der Waals surface area contributed by atoms with E-state index in [1.165, 1.54) is 35.4 Å².